The largest absolute Gasteiger partial charge is 0.399 e. The maximum Gasteiger partial charge on any atom is 0.0844 e. The molecule has 0 radical (unpaired) electrons. The number of fused-ring (bicyclic) bond motifs is 1. The van der Waals surface area contributed by atoms with Gasteiger partial charge in [-0.3, -0.25) is 0 Å². The minimum Gasteiger partial charge on any atom is -0.399 e. The predicted molar refractivity (Wildman–Crippen MR) is 51.7 cm³/mol. The van der Waals surface area contributed by atoms with E-state index in [0.29, 0.717) is 0 Å². The average Bonchev–Trinajstić information content (AvgIpc) is 2.34. The van der Waals surface area contributed by atoms with E-state index >= 15 is 0 Å². The number of anilines is 1. The molecule has 1 heterocycles. The van der Waals surface area contributed by atoms with Gasteiger partial charge in [-0.15, -0.1) is 11.3 Å². The van der Waals surface area contributed by atoms with Crippen molar-refractivity contribution in [2.24, 2.45) is 0 Å². The summed E-state index contributed by atoms with van der Waals surface area (Å²) in [5.74, 6) is 0. The summed E-state index contributed by atoms with van der Waals surface area (Å²) in [5.41, 5.74) is 9.14. The van der Waals surface area contributed by atoms with Gasteiger partial charge in [0.2, 0.25) is 0 Å². The molecule has 0 amide bonds. The average molecular weight is 229 g/mol. The topological polar surface area (TPSA) is 38.9 Å². The second-order valence-corrected chi connectivity index (χ2v) is 3.91. The van der Waals surface area contributed by atoms with Crippen LogP contribution in [0.3, 0.4) is 0 Å². The molecule has 4 heteroatoms. The molecule has 0 atom stereocenters. The Balaban J connectivity index is 2.91. The van der Waals surface area contributed by atoms with E-state index in [1.807, 2.05) is 17.6 Å². The first-order valence-electron chi connectivity index (χ1n) is 3.05. The fraction of sp³-hybridized carbons (Fsp3) is 0. The zero-order valence-corrected chi connectivity index (χ0v) is 7.95. The second kappa shape index (κ2) is 2.46. The van der Waals surface area contributed by atoms with Gasteiger partial charge in [0.1, 0.15) is 0 Å². The van der Waals surface area contributed by atoms with Gasteiger partial charge in [-0.1, -0.05) is 0 Å². The molecule has 11 heavy (non-hydrogen) atoms. The summed E-state index contributed by atoms with van der Waals surface area (Å²) in [4.78, 5) is 4.15. The molecule has 0 aliphatic carbocycles. The fourth-order valence-corrected chi connectivity index (χ4v) is 2.37. The van der Waals surface area contributed by atoms with E-state index in [2.05, 4.69) is 20.9 Å². The van der Waals surface area contributed by atoms with Crippen LogP contribution in [0.25, 0.3) is 10.2 Å². The monoisotopic (exact) mass is 228 g/mol. The first kappa shape index (κ1) is 7.06. The minimum absolute atomic E-state index is 0.746. The Bertz CT molecular complexity index is 396. The van der Waals surface area contributed by atoms with Crippen molar-refractivity contribution in [2.45, 2.75) is 0 Å². The summed E-state index contributed by atoms with van der Waals surface area (Å²) >= 11 is 5.03. The lowest BCUT2D eigenvalue weighted by atomic mass is 10.3. The Morgan fingerprint density at radius 1 is 1.45 bits per heavy atom. The van der Waals surface area contributed by atoms with E-state index in [-0.39, 0.29) is 0 Å². The standard InChI is InChI=1S/C7H5BrN2S/c8-5-1-4(9)2-6-7(5)11-3-10-6/h1-3H,9H2. The Morgan fingerprint density at radius 3 is 3.09 bits per heavy atom. The van der Waals surface area contributed by atoms with E-state index in [1.54, 1.807) is 11.3 Å². The third kappa shape index (κ3) is 1.12. The first-order valence-corrected chi connectivity index (χ1v) is 4.73. The number of aromatic nitrogens is 1. The Hall–Kier alpha value is -0.610. The molecule has 0 saturated heterocycles. The molecule has 2 aromatic rings. The molecule has 56 valence electrons. The van der Waals surface area contributed by atoms with Crippen molar-refractivity contribution in [3.05, 3.63) is 22.1 Å². The highest BCUT2D eigenvalue weighted by molar-refractivity contribution is 9.10. The molecule has 2 rings (SSSR count). The van der Waals surface area contributed by atoms with Crippen LogP contribution in [0.15, 0.2) is 22.1 Å². The summed E-state index contributed by atoms with van der Waals surface area (Å²) in [6.07, 6.45) is 0. The van der Waals surface area contributed by atoms with Crippen molar-refractivity contribution in [1.29, 1.82) is 0 Å². The van der Waals surface area contributed by atoms with Crippen LogP contribution in [0.1, 0.15) is 0 Å². The van der Waals surface area contributed by atoms with E-state index < -0.39 is 0 Å². The summed E-state index contributed by atoms with van der Waals surface area (Å²) in [5, 5.41) is 0. The van der Waals surface area contributed by atoms with Gasteiger partial charge in [0.25, 0.3) is 0 Å². The van der Waals surface area contributed by atoms with Crippen LogP contribution in [0.5, 0.6) is 0 Å². The van der Waals surface area contributed by atoms with Crippen LogP contribution in [-0.2, 0) is 0 Å². The molecule has 0 spiro atoms. The van der Waals surface area contributed by atoms with Crippen LogP contribution in [0.2, 0.25) is 0 Å². The van der Waals surface area contributed by atoms with E-state index in [4.69, 9.17) is 5.73 Å². The summed E-state index contributed by atoms with van der Waals surface area (Å²) in [6, 6.07) is 3.76. The molecule has 0 unspecified atom stereocenters. The van der Waals surface area contributed by atoms with Gasteiger partial charge in [-0.25, -0.2) is 4.98 Å². The normalized spacial score (nSPS) is 10.6. The van der Waals surface area contributed by atoms with E-state index in [9.17, 15) is 0 Å². The first-order chi connectivity index (χ1) is 5.27. The maximum atomic E-state index is 5.62. The molecular formula is C7H5BrN2S. The van der Waals surface area contributed by atoms with Crippen LogP contribution in [-0.4, -0.2) is 4.98 Å². The third-order valence-electron chi connectivity index (χ3n) is 1.41. The molecule has 1 aromatic heterocycles. The fourth-order valence-electron chi connectivity index (χ4n) is 0.948. The zero-order chi connectivity index (χ0) is 7.84. The van der Waals surface area contributed by atoms with Crippen LogP contribution < -0.4 is 5.73 Å². The highest BCUT2D eigenvalue weighted by atomic mass is 79.9. The highest BCUT2D eigenvalue weighted by Gasteiger charge is 2.01. The summed E-state index contributed by atoms with van der Waals surface area (Å²) < 4.78 is 2.18. The minimum atomic E-state index is 0.746. The van der Waals surface area contributed by atoms with Gasteiger partial charge >= 0.3 is 0 Å². The Kier molecular flexibility index (Phi) is 1.58. The van der Waals surface area contributed by atoms with Crippen molar-refractivity contribution in [3.63, 3.8) is 0 Å². The van der Waals surface area contributed by atoms with Crippen LogP contribution in [0.4, 0.5) is 5.69 Å². The van der Waals surface area contributed by atoms with Crippen molar-refractivity contribution in [3.8, 4) is 0 Å². The molecule has 0 fully saturated rings. The number of nitrogens with zero attached hydrogens (tertiary/aromatic N) is 1. The highest BCUT2D eigenvalue weighted by Crippen LogP contribution is 2.29. The Labute approximate surface area is 76.2 Å². The molecule has 2 N–H and O–H groups in total. The number of nitrogen functional groups attached to an aromatic ring is 1. The van der Waals surface area contributed by atoms with Gasteiger partial charge in [-0.05, 0) is 28.1 Å². The maximum absolute atomic E-state index is 5.62. The number of nitrogens with two attached hydrogens (primary N) is 1. The molecule has 0 aliphatic heterocycles. The van der Waals surface area contributed by atoms with Gasteiger partial charge in [-0.2, -0.15) is 0 Å². The molecule has 0 saturated carbocycles. The van der Waals surface area contributed by atoms with Gasteiger partial charge in [0.05, 0.1) is 15.7 Å². The number of benzene rings is 1. The lowest BCUT2D eigenvalue weighted by molar-refractivity contribution is 1.50. The molecule has 0 bridgehead atoms. The number of halogens is 1. The quantitative estimate of drug-likeness (QED) is 0.705. The summed E-state index contributed by atoms with van der Waals surface area (Å²) in [7, 11) is 0. The molecule has 1 aromatic carbocycles. The number of rotatable bonds is 0. The van der Waals surface area contributed by atoms with Gasteiger partial charge < -0.3 is 5.73 Å². The van der Waals surface area contributed by atoms with Crippen molar-refractivity contribution < 1.29 is 0 Å². The zero-order valence-electron chi connectivity index (χ0n) is 5.54. The number of thiazole rings is 1. The van der Waals surface area contributed by atoms with Gasteiger partial charge in [0.15, 0.2) is 0 Å². The van der Waals surface area contributed by atoms with Gasteiger partial charge in [0, 0.05) is 10.2 Å². The predicted octanol–water partition coefficient (Wildman–Crippen LogP) is 2.64. The van der Waals surface area contributed by atoms with Crippen LogP contribution in [0, 0.1) is 0 Å². The lowest BCUT2D eigenvalue weighted by Crippen LogP contribution is -1.83. The molecular weight excluding hydrogens is 224 g/mol. The molecule has 0 aliphatic rings. The SMILES string of the molecule is Nc1cc(Br)c2scnc2c1. The van der Waals surface area contributed by atoms with Crippen molar-refractivity contribution in [2.75, 3.05) is 5.73 Å². The third-order valence-corrected chi connectivity index (χ3v) is 3.17. The van der Waals surface area contributed by atoms with Crippen LogP contribution >= 0.6 is 27.3 Å². The van der Waals surface area contributed by atoms with E-state index in [0.717, 1.165) is 20.4 Å². The smallest absolute Gasteiger partial charge is 0.0844 e. The van der Waals surface area contributed by atoms with Crippen molar-refractivity contribution in [1.82, 2.24) is 4.98 Å². The van der Waals surface area contributed by atoms with Crippen molar-refractivity contribution >= 4 is 43.2 Å². The lowest BCUT2D eigenvalue weighted by Gasteiger charge is -1.94. The number of hydrogen-bond donors (Lipinski definition) is 1. The number of hydrogen-bond acceptors (Lipinski definition) is 3. The molecule has 2 nitrogen and oxygen atoms in total. The van der Waals surface area contributed by atoms with E-state index in [1.165, 1.54) is 0 Å². The Morgan fingerprint density at radius 2 is 2.27 bits per heavy atom. The summed E-state index contributed by atoms with van der Waals surface area (Å²) in [6.45, 7) is 0. The second-order valence-electron chi connectivity index (χ2n) is 2.20.